The van der Waals surface area contributed by atoms with Crippen molar-refractivity contribution in [1.29, 1.82) is 0 Å². The first-order chi connectivity index (χ1) is 18.5. The second-order valence-electron chi connectivity index (χ2n) is 10.1. The van der Waals surface area contributed by atoms with E-state index in [0.717, 1.165) is 50.9 Å². The van der Waals surface area contributed by atoms with E-state index in [2.05, 4.69) is 4.90 Å². The molecular formula is C30H39FN2O5. The van der Waals surface area contributed by atoms with E-state index in [1.807, 2.05) is 29.2 Å². The van der Waals surface area contributed by atoms with Crippen LogP contribution in [0.2, 0.25) is 0 Å². The normalized spacial score (nSPS) is 17.4. The first kappa shape index (κ1) is 28.4. The van der Waals surface area contributed by atoms with Gasteiger partial charge in [0, 0.05) is 57.0 Å². The molecule has 38 heavy (non-hydrogen) atoms. The highest BCUT2D eigenvalue weighted by molar-refractivity contribution is 5.98. The first-order valence-electron chi connectivity index (χ1n) is 13.6. The van der Waals surface area contributed by atoms with E-state index in [-0.39, 0.29) is 29.5 Å². The summed E-state index contributed by atoms with van der Waals surface area (Å²) in [7, 11) is 1.64. The van der Waals surface area contributed by atoms with Crippen molar-refractivity contribution in [3.8, 4) is 0 Å². The second-order valence-corrected chi connectivity index (χ2v) is 10.1. The van der Waals surface area contributed by atoms with Crippen LogP contribution in [0.15, 0.2) is 48.5 Å². The SMILES string of the molecule is COCCN(CCN1CCC(C(=O)c2ccc(F)cc2)CC1)C(=O)c1ccccc1COC1CCOCC1. The van der Waals surface area contributed by atoms with Crippen LogP contribution in [0.5, 0.6) is 0 Å². The fourth-order valence-electron chi connectivity index (χ4n) is 5.12. The molecule has 0 atom stereocenters. The number of hydrogen-bond donors (Lipinski definition) is 0. The van der Waals surface area contributed by atoms with Crippen LogP contribution in [0.25, 0.3) is 0 Å². The minimum Gasteiger partial charge on any atom is -0.383 e. The highest BCUT2D eigenvalue weighted by atomic mass is 19.1. The monoisotopic (exact) mass is 526 g/mol. The van der Waals surface area contributed by atoms with E-state index in [9.17, 15) is 14.0 Å². The van der Waals surface area contributed by atoms with E-state index in [0.29, 0.717) is 50.6 Å². The molecule has 0 radical (unpaired) electrons. The molecule has 2 aliphatic heterocycles. The highest BCUT2D eigenvalue weighted by Crippen LogP contribution is 2.22. The van der Waals surface area contributed by atoms with Gasteiger partial charge in [-0.2, -0.15) is 0 Å². The summed E-state index contributed by atoms with van der Waals surface area (Å²) < 4.78 is 30.0. The molecule has 2 aliphatic rings. The van der Waals surface area contributed by atoms with Gasteiger partial charge in [0.1, 0.15) is 5.82 Å². The third kappa shape index (κ3) is 7.93. The van der Waals surface area contributed by atoms with Gasteiger partial charge in [-0.3, -0.25) is 9.59 Å². The number of amides is 1. The average Bonchev–Trinajstić information content (AvgIpc) is 2.97. The number of hydrogen-bond acceptors (Lipinski definition) is 6. The van der Waals surface area contributed by atoms with Gasteiger partial charge in [-0.05, 0) is 74.7 Å². The maximum atomic E-state index is 13.6. The Balaban J connectivity index is 1.31. The number of ketones is 1. The van der Waals surface area contributed by atoms with E-state index in [4.69, 9.17) is 14.2 Å². The van der Waals surface area contributed by atoms with E-state index < -0.39 is 0 Å². The summed E-state index contributed by atoms with van der Waals surface area (Å²) in [4.78, 5) is 30.6. The van der Waals surface area contributed by atoms with Gasteiger partial charge in [-0.15, -0.1) is 0 Å². The summed E-state index contributed by atoms with van der Waals surface area (Å²) >= 11 is 0. The predicted molar refractivity (Wildman–Crippen MR) is 143 cm³/mol. The summed E-state index contributed by atoms with van der Waals surface area (Å²) in [6.07, 6.45) is 3.43. The zero-order chi connectivity index (χ0) is 26.7. The molecule has 0 aromatic heterocycles. The van der Waals surface area contributed by atoms with Gasteiger partial charge < -0.3 is 24.0 Å². The summed E-state index contributed by atoms with van der Waals surface area (Å²) in [6.45, 7) is 5.69. The van der Waals surface area contributed by atoms with Crippen LogP contribution in [-0.4, -0.2) is 87.2 Å². The van der Waals surface area contributed by atoms with Crippen molar-refractivity contribution >= 4 is 11.7 Å². The number of halogens is 1. The Kier molecular flexibility index (Phi) is 10.8. The number of carbonyl (C=O) groups excluding carboxylic acids is 2. The molecule has 0 aliphatic carbocycles. The molecule has 0 bridgehead atoms. The topological polar surface area (TPSA) is 68.3 Å². The lowest BCUT2D eigenvalue weighted by molar-refractivity contribution is -0.0392. The molecule has 0 saturated carbocycles. The first-order valence-corrected chi connectivity index (χ1v) is 13.6. The zero-order valence-corrected chi connectivity index (χ0v) is 22.3. The lowest BCUT2D eigenvalue weighted by Crippen LogP contribution is -2.43. The Bertz CT molecular complexity index is 1030. The summed E-state index contributed by atoms with van der Waals surface area (Å²) in [5.41, 5.74) is 2.13. The molecule has 206 valence electrons. The fraction of sp³-hybridized carbons (Fsp3) is 0.533. The molecule has 4 rings (SSSR count). The van der Waals surface area contributed by atoms with Gasteiger partial charge in [0.05, 0.1) is 19.3 Å². The number of ether oxygens (including phenoxy) is 3. The lowest BCUT2D eigenvalue weighted by atomic mass is 9.89. The van der Waals surface area contributed by atoms with Crippen LogP contribution in [0.1, 0.15) is 52.0 Å². The minimum atomic E-state index is -0.335. The van der Waals surface area contributed by atoms with Crippen LogP contribution in [-0.2, 0) is 20.8 Å². The van der Waals surface area contributed by atoms with Crippen molar-refractivity contribution in [2.24, 2.45) is 5.92 Å². The fourth-order valence-corrected chi connectivity index (χ4v) is 5.12. The van der Waals surface area contributed by atoms with Crippen molar-refractivity contribution in [2.45, 2.75) is 38.4 Å². The summed E-state index contributed by atoms with van der Waals surface area (Å²) in [5.74, 6) is -0.320. The molecule has 2 fully saturated rings. The zero-order valence-electron chi connectivity index (χ0n) is 22.3. The van der Waals surface area contributed by atoms with Crippen LogP contribution in [0, 0.1) is 11.7 Å². The quantitative estimate of drug-likeness (QED) is 0.386. The van der Waals surface area contributed by atoms with Crippen molar-refractivity contribution < 1.29 is 28.2 Å². The lowest BCUT2D eigenvalue weighted by Gasteiger charge is -2.33. The molecule has 0 N–H and O–H groups in total. The van der Waals surface area contributed by atoms with Crippen molar-refractivity contribution in [1.82, 2.24) is 9.80 Å². The molecule has 0 unspecified atom stereocenters. The third-order valence-electron chi connectivity index (χ3n) is 7.52. The third-order valence-corrected chi connectivity index (χ3v) is 7.52. The maximum absolute atomic E-state index is 13.6. The Morgan fingerprint density at radius 2 is 1.71 bits per heavy atom. The number of rotatable bonds is 12. The molecule has 2 aromatic rings. The maximum Gasteiger partial charge on any atom is 0.254 e. The number of Topliss-reactive ketones (excluding diaryl/α,β-unsaturated/α-hetero) is 1. The number of piperidine rings is 1. The Morgan fingerprint density at radius 1 is 1.00 bits per heavy atom. The van der Waals surface area contributed by atoms with Gasteiger partial charge in [-0.25, -0.2) is 4.39 Å². The standard InChI is InChI=1S/C30H39FN2O5/c1-36-21-18-33(30(35)28-5-3-2-4-25(28)22-38-27-12-19-37-20-13-27)17-16-32-14-10-24(11-15-32)29(34)23-6-8-26(31)9-7-23/h2-9,24,27H,10-22H2,1H3. The van der Waals surface area contributed by atoms with Crippen molar-refractivity contribution in [3.63, 3.8) is 0 Å². The van der Waals surface area contributed by atoms with Crippen LogP contribution < -0.4 is 0 Å². The summed E-state index contributed by atoms with van der Waals surface area (Å²) in [6, 6.07) is 13.5. The number of methoxy groups -OCH3 is 1. The van der Waals surface area contributed by atoms with E-state index in [1.165, 1.54) is 12.1 Å². The van der Waals surface area contributed by atoms with Gasteiger partial charge in [0.15, 0.2) is 5.78 Å². The molecule has 0 spiro atoms. The molecule has 7 nitrogen and oxygen atoms in total. The molecule has 2 saturated heterocycles. The smallest absolute Gasteiger partial charge is 0.254 e. The number of nitrogens with zero attached hydrogens (tertiary/aromatic N) is 2. The van der Waals surface area contributed by atoms with Gasteiger partial charge in [-0.1, -0.05) is 18.2 Å². The second kappa shape index (κ2) is 14.5. The minimum absolute atomic E-state index is 0.0189. The highest BCUT2D eigenvalue weighted by Gasteiger charge is 2.27. The van der Waals surface area contributed by atoms with E-state index in [1.54, 1.807) is 19.2 Å². The van der Waals surface area contributed by atoms with Crippen LogP contribution in [0.4, 0.5) is 4.39 Å². The van der Waals surface area contributed by atoms with Gasteiger partial charge >= 0.3 is 0 Å². The number of benzene rings is 2. The summed E-state index contributed by atoms with van der Waals surface area (Å²) in [5, 5.41) is 0. The van der Waals surface area contributed by atoms with Crippen LogP contribution in [0.3, 0.4) is 0 Å². The van der Waals surface area contributed by atoms with Gasteiger partial charge in [0.2, 0.25) is 0 Å². The molecular weight excluding hydrogens is 487 g/mol. The molecule has 2 heterocycles. The Labute approximate surface area is 224 Å². The average molecular weight is 527 g/mol. The number of likely N-dealkylation sites (tertiary alicyclic amines) is 1. The van der Waals surface area contributed by atoms with Gasteiger partial charge in [0.25, 0.3) is 5.91 Å². The Hall–Kier alpha value is -2.65. The largest absolute Gasteiger partial charge is 0.383 e. The van der Waals surface area contributed by atoms with Crippen molar-refractivity contribution in [3.05, 3.63) is 71.0 Å². The van der Waals surface area contributed by atoms with Crippen LogP contribution >= 0.6 is 0 Å². The molecule has 2 aromatic carbocycles. The van der Waals surface area contributed by atoms with E-state index >= 15 is 0 Å². The Morgan fingerprint density at radius 3 is 2.42 bits per heavy atom. The predicted octanol–water partition coefficient (Wildman–Crippen LogP) is 4.20. The van der Waals surface area contributed by atoms with Crippen molar-refractivity contribution in [2.75, 3.05) is 59.7 Å². The number of carbonyl (C=O) groups is 2. The molecule has 8 heteroatoms. The molecule has 1 amide bonds.